The van der Waals surface area contributed by atoms with Crippen molar-refractivity contribution in [3.05, 3.63) is 111 Å². The molecule has 0 bridgehead atoms. The van der Waals surface area contributed by atoms with Gasteiger partial charge in [0.1, 0.15) is 5.82 Å². The van der Waals surface area contributed by atoms with Crippen LogP contribution in [0.1, 0.15) is 22.4 Å². The fourth-order valence-corrected chi connectivity index (χ4v) is 5.60. The number of aromatic amines is 1. The lowest BCUT2D eigenvalue weighted by Gasteiger charge is -2.28. The third kappa shape index (κ3) is 5.01. The van der Waals surface area contributed by atoms with Crippen molar-refractivity contribution in [3.8, 4) is 5.69 Å². The van der Waals surface area contributed by atoms with Gasteiger partial charge in [-0.05, 0) is 48.0 Å². The van der Waals surface area contributed by atoms with Gasteiger partial charge in [-0.1, -0.05) is 42.1 Å². The van der Waals surface area contributed by atoms with Crippen molar-refractivity contribution in [1.29, 1.82) is 0 Å². The molecule has 0 unspecified atom stereocenters. The Morgan fingerprint density at radius 2 is 1.79 bits per heavy atom. The maximum absolute atomic E-state index is 13.9. The lowest BCUT2D eigenvalue weighted by molar-refractivity contribution is -0.137. The van der Waals surface area contributed by atoms with Gasteiger partial charge in [0, 0.05) is 18.7 Å². The number of aromatic nitrogens is 4. The molecule has 3 heterocycles. The second kappa shape index (κ2) is 9.88. The molecule has 1 aliphatic heterocycles. The van der Waals surface area contributed by atoms with E-state index in [1.54, 1.807) is 10.6 Å². The summed E-state index contributed by atoms with van der Waals surface area (Å²) in [6.45, 7) is 0.684. The molecule has 0 saturated heterocycles. The van der Waals surface area contributed by atoms with E-state index >= 15 is 0 Å². The molecule has 0 fully saturated rings. The van der Waals surface area contributed by atoms with Crippen LogP contribution in [0.25, 0.3) is 16.7 Å². The lowest BCUT2D eigenvalue weighted by atomic mass is 10.1. The SMILES string of the molecule is O=c1c2c(nc(SCc3cccc(F)c3)n1-c1ccccc1)CCN(c1nc3ccc(C(F)(F)F)cc3[nH]1)C2. The van der Waals surface area contributed by atoms with Crippen molar-refractivity contribution in [1.82, 2.24) is 19.5 Å². The van der Waals surface area contributed by atoms with Crippen molar-refractivity contribution >= 4 is 28.7 Å². The van der Waals surface area contributed by atoms with Gasteiger partial charge in [0.2, 0.25) is 5.95 Å². The number of rotatable bonds is 5. The highest BCUT2D eigenvalue weighted by Gasteiger charge is 2.31. The summed E-state index contributed by atoms with van der Waals surface area (Å²) in [7, 11) is 0. The van der Waals surface area contributed by atoms with Gasteiger partial charge in [0.25, 0.3) is 5.56 Å². The van der Waals surface area contributed by atoms with Gasteiger partial charge < -0.3 is 9.88 Å². The van der Waals surface area contributed by atoms with Crippen LogP contribution < -0.4 is 10.5 Å². The predicted molar refractivity (Wildman–Crippen MR) is 142 cm³/mol. The molecule has 0 aliphatic carbocycles. The third-order valence-corrected chi connectivity index (χ3v) is 7.58. The number of nitrogens with one attached hydrogen (secondary N) is 1. The molecule has 0 atom stereocenters. The minimum absolute atomic E-state index is 0.203. The van der Waals surface area contributed by atoms with E-state index in [9.17, 15) is 22.4 Å². The molecular weight excluding hydrogens is 530 g/mol. The van der Waals surface area contributed by atoms with Crippen molar-refractivity contribution < 1.29 is 17.6 Å². The number of hydrogen-bond acceptors (Lipinski definition) is 5. The van der Waals surface area contributed by atoms with Gasteiger partial charge in [-0.25, -0.2) is 14.4 Å². The molecule has 0 saturated carbocycles. The van der Waals surface area contributed by atoms with Crippen LogP contribution in [0.4, 0.5) is 23.5 Å². The molecule has 3 aromatic carbocycles. The Bertz CT molecular complexity index is 1730. The van der Waals surface area contributed by atoms with E-state index in [-0.39, 0.29) is 23.4 Å². The summed E-state index contributed by atoms with van der Waals surface area (Å²) < 4.78 is 54.7. The van der Waals surface area contributed by atoms with Crippen LogP contribution in [0, 0.1) is 5.82 Å². The highest BCUT2D eigenvalue weighted by Crippen LogP contribution is 2.32. The maximum atomic E-state index is 13.9. The van der Waals surface area contributed by atoms with Crippen LogP contribution in [0.15, 0.2) is 82.7 Å². The van der Waals surface area contributed by atoms with Crippen molar-refractivity contribution in [3.63, 3.8) is 0 Å². The van der Waals surface area contributed by atoms with Crippen molar-refractivity contribution in [2.75, 3.05) is 11.4 Å². The second-order valence-electron chi connectivity index (χ2n) is 9.18. The molecule has 0 amide bonds. The van der Waals surface area contributed by atoms with E-state index in [0.717, 1.165) is 17.7 Å². The number of benzene rings is 3. The quantitative estimate of drug-likeness (QED) is 0.162. The van der Waals surface area contributed by atoms with E-state index < -0.39 is 11.7 Å². The van der Waals surface area contributed by atoms with Crippen LogP contribution >= 0.6 is 11.8 Å². The van der Waals surface area contributed by atoms with Crippen LogP contribution in [-0.4, -0.2) is 26.1 Å². The third-order valence-electron chi connectivity index (χ3n) is 6.57. The number of alkyl halides is 3. The zero-order valence-corrected chi connectivity index (χ0v) is 21.2. The number of para-hydroxylation sites is 1. The molecule has 2 aromatic heterocycles. The number of imidazole rings is 1. The fourth-order valence-electron chi connectivity index (χ4n) is 4.63. The van der Waals surface area contributed by atoms with E-state index in [2.05, 4.69) is 9.97 Å². The molecule has 39 heavy (non-hydrogen) atoms. The summed E-state index contributed by atoms with van der Waals surface area (Å²) >= 11 is 1.36. The molecule has 0 spiro atoms. The molecule has 1 N–H and O–H groups in total. The molecular formula is C28H21F4N5OS. The monoisotopic (exact) mass is 551 g/mol. The Labute approximate surface area is 224 Å². The average Bonchev–Trinajstić information content (AvgIpc) is 3.36. The Morgan fingerprint density at radius 3 is 2.56 bits per heavy atom. The zero-order valence-electron chi connectivity index (χ0n) is 20.4. The summed E-state index contributed by atoms with van der Waals surface area (Å²) in [5, 5.41) is 0.506. The smallest absolute Gasteiger partial charge is 0.337 e. The number of hydrogen-bond donors (Lipinski definition) is 1. The summed E-state index contributed by atoms with van der Waals surface area (Å²) in [4.78, 5) is 28.0. The van der Waals surface area contributed by atoms with Crippen LogP contribution in [0.3, 0.4) is 0 Å². The Morgan fingerprint density at radius 1 is 0.974 bits per heavy atom. The van der Waals surface area contributed by atoms with Crippen molar-refractivity contribution in [2.45, 2.75) is 30.1 Å². The first-order valence-electron chi connectivity index (χ1n) is 12.2. The number of anilines is 1. The van der Waals surface area contributed by atoms with E-state index in [1.165, 1.54) is 30.0 Å². The van der Waals surface area contributed by atoms with Gasteiger partial charge >= 0.3 is 6.18 Å². The molecule has 6 nitrogen and oxygen atoms in total. The van der Waals surface area contributed by atoms with Crippen LogP contribution in [0.2, 0.25) is 0 Å². The number of nitrogens with zero attached hydrogens (tertiary/aromatic N) is 4. The maximum Gasteiger partial charge on any atom is 0.416 e. The number of fused-ring (bicyclic) bond motifs is 2. The highest BCUT2D eigenvalue weighted by molar-refractivity contribution is 7.98. The standard InChI is InChI=1S/C28H21F4N5OS/c29-19-6-4-5-17(13-19)16-39-27-35-22-11-12-36(15-21(22)25(38)37(27)20-7-2-1-3-8-20)26-33-23-10-9-18(28(30,31)32)14-24(23)34-26/h1-10,13-14H,11-12,15-16H2,(H,33,34). The fraction of sp³-hybridized carbons (Fsp3) is 0.179. The minimum atomic E-state index is -4.46. The largest absolute Gasteiger partial charge is 0.416 e. The van der Waals surface area contributed by atoms with E-state index in [1.807, 2.05) is 41.3 Å². The Balaban J connectivity index is 1.35. The van der Waals surface area contributed by atoms with Gasteiger partial charge in [0.15, 0.2) is 5.16 Å². The van der Waals surface area contributed by atoms with Crippen LogP contribution in [-0.2, 0) is 24.9 Å². The van der Waals surface area contributed by atoms with E-state index in [0.29, 0.717) is 52.3 Å². The lowest BCUT2D eigenvalue weighted by Crippen LogP contribution is -2.38. The van der Waals surface area contributed by atoms with E-state index in [4.69, 9.17) is 4.98 Å². The summed E-state index contributed by atoms with van der Waals surface area (Å²) in [5.41, 5.74) is 2.29. The number of thioether (sulfide) groups is 1. The first-order chi connectivity index (χ1) is 18.8. The summed E-state index contributed by atoms with van der Waals surface area (Å²) in [5.74, 6) is 0.498. The Kier molecular flexibility index (Phi) is 6.38. The number of halogens is 4. The molecule has 0 radical (unpaired) electrons. The highest BCUT2D eigenvalue weighted by atomic mass is 32.2. The summed E-state index contributed by atoms with van der Waals surface area (Å²) in [6, 6.07) is 18.8. The number of H-pyrrole nitrogens is 1. The zero-order chi connectivity index (χ0) is 27.1. The predicted octanol–water partition coefficient (Wildman–Crippen LogP) is 6.12. The van der Waals surface area contributed by atoms with Gasteiger partial charge in [-0.15, -0.1) is 0 Å². The van der Waals surface area contributed by atoms with Crippen LogP contribution in [0.5, 0.6) is 0 Å². The summed E-state index contributed by atoms with van der Waals surface area (Å²) in [6.07, 6.45) is -4.00. The van der Waals surface area contributed by atoms with Gasteiger partial charge in [-0.2, -0.15) is 13.2 Å². The molecule has 11 heteroatoms. The second-order valence-corrected chi connectivity index (χ2v) is 10.1. The molecule has 1 aliphatic rings. The molecule has 5 aromatic rings. The molecule has 198 valence electrons. The van der Waals surface area contributed by atoms with Gasteiger partial charge in [0.05, 0.1) is 40.1 Å². The topological polar surface area (TPSA) is 66.8 Å². The van der Waals surface area contributed by atoms with Crippen molar-refractivity contribution in [2.24, 2.45) is 0 Å². The molecule has 6 rings (SSSR count). The van der Waals surface area contributed by atoms with Gasteiger partial charge in [-0.3, -0.25) is 9.36 Å². The minimum Gasteiger partial charge on any atom is -0.337 e. The normalized spacial score (nSPS) is 13.6. The Hall–Kier alpha value is -4.12. The average molecular weight is 552 g/mol. The first-order valence-corrected chi connectivity index (χ1v) is 13.1. The first kappa shape index (κ1) is 25.2.